The molecule has 0 amide bonds. The molecule has 0 unspecified atom stereocenters. The van der Waals surface area contributed by atoms with Crippen molar-refractivity contribution in [2.45, 2.75) is 13.1 Å². The number of hydrogen-bond acceptors (Lipinski definition) is 7. The molecule has 4 rings (SSSR count). The molecule has 1 saturated heterocycles. The Morgan fingerprint density at radius 1 is 0.828 bits per heavy atom. The van der Waals surface area contributed by atoms with Crippen LogP contribution >= 0.6 is 0 Å². The van der Waals surface area contributed by atoms with E-state index < -0.39 is 0 Å². The largest absolute Gasteiger partial charge is 0.493 e. The van der Waals surface area contributed by atoms with E-state index in [1.54, 1.807) is 14.2 Å². The molecule has 0 bridgehead atoms. The lowest BCUT2D eigenvalue weighted by atomic mass is 10.1. The normalized spacial score (nSPS) is 15.4. The molecule has 0 saturated carbocycles. The van der Waals surface area contributed by atoms with Crippen LogP contribution in [0.25, 0.3) is 5.69 Å². The molecule has 8 nitrogen and oxygen atoms in total. The standard InChI is InChI=1S/C21H26N6O2/c1-28-19-9-8-17(14-20(19)29-2)15-25-10-12-26(13-11-25)16-21-22-23-24-27(21)18-6-4-3-5-7-18/h3-9,14H,10-13,15-16H2,1-2H3. The lowest BCUT2D eigenvalue weighted by molar-refractivity contribution is 0.119. The van der Waals surface area contributed by atoms with Gasteiger partial charge in [-0.2, -0.15) is 4.68 Å². The van der Waals surface area contributed by atoms with Crippen LogP contribution in [-0.4, -0.2) is 70.4 Å². The molecule has 1 aliphatic rings. The van der Waals surface area contributed by atoms with Crippen molar-refractivity contribution < 1.29 is 9.47 Å². The second-order valence-corrected chi connectivity index (χ2v) is 7.08. The van der Waals surface area contributed by atoms with Crippen molar-refractivity contribution >= 4 is 0 Å². The maximum atomic E-state index is 5.42. The molecule has 0 radical (unpaired) electrons. The molecule has 2 heterocycles. The average molecular weight is 394 g/mol. The number of aromatic nitrogens is 4. The molecular formula is C21H26N6O2. The van der Waals surface area contributed by atoms with Crippen molar-refractivity contribution in [3.05, 3.63) is 59.9 Å². The lowest BCUT2D eigenvalue weighted by Gasteiger charge is -2.34. The monoisotopic (exact) mass is 394 g/mol. The third kappa shape index (κ3) is 4.55. The van der Waals surface area contributed by atoms with E-state index in [9.17, 15) is 0 Å². The molecule has 3 aromatic rings. The van der Waals surface area contributed by atoms with Gasteiger partial charge in [0, 0.05) is 32.7 Å². The number of tetrazole rings is 1. The summed E-state index contributed by atoms with van der Waals surface area (Å²) in [6.45, 7) is 5.61. The molecule has 29 heavy (non-hydrogen) atoms. The summed E-state index contributed by atoms with van der Waals surface area (Å²) >= 11 is 0. The SMILES string of the molecule is COc1ccc(CN2CCN(Cc3nnnn3-c3ccccc3)CC2)cc1OC. The molecule has 0 atom stereocenters. The van der Waals surface area contributed by atoms with Gasteiger partial charge in [-0.05, 0) is 40.3 Å². The molecular weight excluding hydrogens is 368 g/mol. The summed E-state index contributed by atoms with van der Waals surface area (Å²) in [6.07, 6.45) is 0. The van der Waals surface area contributed by atoms with E-state index in [1.807, 2.05) is 41.1 Å². The van der Waals surface area contributed by atoms with Gasteiger partial charge in [0.2, 0.25) is 0 Å². The van der Waals surface area contributed by atoms with Crippen LogP contribution in [0.5, 0.6) is 11.5 Å². The van der Waals surface area contributed by atoms with E-state index in [0.29, 0.717) is 0 Å². The van der Waals surface area contributed by atoms with Gasteiger partial charge < -0.3 is 9.47 Å². The van der Waals surface area contributed by atoms with E-state index >= 15 is 0 Å². The highest BCUT2D eigenvalue weighted by Crippen LogP contribution is 2.28. The van der Waals surface area contributed by atoms with Crippen LogP contribution in [0.15, 0.2) is 48.5 Å². The van der Waals surface area contributed by atoms with E-state index in [4.69, 9.17) is 9.47 Å². The number of para-hydroxylation sites is 1. The van der Waals surface area contributed by atoms with Crippen LogP contribution in [0.3, 0.4) is 0 Å². The van der Waals surface area contributed by atoms with Crippen LogP contribution < -0.4 is 9.47 Å². The highest BCUT2D eigenvalue weighted by atomic mass is 16.5. The number of hydrogen-bond donors (Lipinski definition) is 0. The Kier molecular flexibility index (Phi) is 6.02. The van der Waals surface area contributed by atoms with Gasteiger partial charge in [-0.1, -0.05) is 24.3 Å². The molecule has 0 N–H and O–H groups in total. The van der Waals surface area contributed by atoms with Crippen molar-refractivity contribution in [1.82, 2.24) is 30.0 Å². The summed E-state index contributed by atoms with van der Waals surface area (Å²) in [5.41, 5.74) is 2.21. The minimum atomic E-state index is 0.742. The predicted octanol–water partition coefficient (Wildman–Crippen LogP) is 2.00. The van der Waals surface area contributed by atoms with Gasteiger partial charge in [0.25, 0.3) is 0 Å². The van der Waals surface area contributed by atoms with Crippen LogP contribution in [0.4, 0.5) is 0 Å². The van der Waals surface area contributed by atoms with Crippen LogP contribution in [0, 0.1) is 0 Å². The molecule has 1 aliphatic heterocycles. The Labute approximate surface area is 170 Å². The fraction of sp³-hybridized carbons (Fsp3) is 0.381. The Hall–Kier alpha value is -2.97. The quantitative estimate of drug-likeness (QED) is 0.607. The summed E-state index contributed by atoms with van der Waals surface area (Å²) in [5.74, 6) is 2.40. The zero-order chi connectivity index (χ0) is 20.1. The van der Waals surface area contributed by atoms with E-state index in [2.05, 4.69) is 37.5 Å². The molecule has 1 aromatic heterocycles. The fourth-order valence-electron chi connectivity index (χ4n) is 3.62. The van der Waals surface area contributed by atoms with Crippen LogP contribution in [0.2, 0.25) is 0 Å². The maximum absolute atomic E-state index is 5.42. The van der Waals surface area contributed by atoms with Gasteiger partial charge in [0.1, 0.15) is 0 Å². The second kappa shape index (κ2) is 9.02. The smallest absolute Gasteiger partial charge is 0.170 e. The number of rotatable bonds is 7. The first-order valence-corrected chi connectivity index (χ1v) is 9.75. The maximum Gasteiger partial charge on any atom is 0.170 e. The summed E-state index contributed by atoms with van der Waals surface area (Å²) in [6, 6.07) is 16.1. The van der Waals surface area contributed by atoms with Crippen molar-refractivity contribution in [3.8, 4) is 17.2 Å². The van der Waals surface area contributed by atoms with Gasteiger partial charge in [-0.3, -0.25) is 9.80 Å². The molecule has 0 spiro atoms. The van der Waals surface area contributed by atoms with Crippen LogP contribution in [-0.2, 0) is 13.1 Å². The minimum Gasteiger partial charge on any atom is -0.493 e. The minimum absolute atomic E-state index is 0.742. The second-order valence-electron chi connectivity index (χ2n) is 7.08. The Balaban J connectivity index is 1.33. The van der Waals surface area contributed by atoms with E-state index in [1.165, 1.54) is 5.56 Å². The van der Waals surface area contributed by atoms with Gasteiger partial charge >= 0.3 is 0 Å². The van der Waals surface area contributed by atoms with E-state index in [-0.39, 0.29) is 0 Å². The molecule has 0 aliphatic carbocycles. The highest BCUT2D eigenvalue weighted by molar-refractivity contribution is 5.42. The summed E-state index contributed by atoms with van der Waals surface area (Å²) in [5, 5.41) is 12.2. The predicted molar refractivity (Wildman–Crippen MR) is 109 cm³/mol. The summed E-state index contributed by atoms with van der Waals surface area (Å²) in [4.78, 5) is 4.86. The number of benzene rings is 2. The van der Waals surface area contributed by atoms with Crippen molar-refractivity contribution in [1.29, 1.82) is 0 Å². The first-order chi connectivity index (χ1) is 14.3. The van der Waals surface area contributed by atoms with Crippen molar-refractivity contribution in [2.24, 2.45) is 0 Å². The van der Waals surface area contributed by atoms with Crippen molar-refractivity contribution in [3.63, 3.8) is 0 Å². The van der Waals surface area contributed by atoms with Gasteiger partial charge in [0.05, 0.1) is 26.5 Å². The van der Waals surface area contributed by atoms with Gasteiger partial charge in [0.15, 0.2) is 17.3 Å². The fourth-order valence-corrected chi connectivity index (χ4v) is 3.62. The topological polar surface area (TPSA) is 68.5 Å². The molecule has 152 valence electrons. The third-order valence-electron chi connectivity index (χ3n) is 5.22. The zero-order valence-corrected chi connectivity index (χ0v) is 16.9. The Morgan fingerprint density at radius 2 is 1.52 bits per heavy atom. The van der Waals surface area contributed by atoms with Crippen molar-refractivity contribution in [2.75, 3.05) is 40.4 Å². The molecule has 2 aromatic carbocycles. The van der Waals surface area contributed by atoms with E-state index in [0.717, 1.165) is 62.3 Å². The molecule has 8 heteroatoms. The highest BCUT2D eigenvalue weighted by Gasteiger charge is 2.20. The third-order valence-corrected chi connectivity index (χ3v) is 5.22. The average Bonchev–Trinajstić information content (AvgIpc) is 3.23. The summed E-state index contributed by atoms with van der Waals surface area (Å²) < 4.78 is 12.6. The number of methoxy groups -OCH3 is 2. The Morgan fingerprint density at radius 3 is 2.21 bits per heavy atom. The van der Waals surface area contributed by atoms with Gasteiger partial charge in [-0.15, -0.1) is 5.10 Å². The number of ether oxygens (including phenoxy) is 2. The Bertz CT molecular complexity index is 922. The first kappa shape index (κ1) is 19.4. The summed E-state index contributed by atoms with van der Waals surface area (Å²) in [7, 11) is 3.33. The molecule has 1 fully saturated rings. The first-order valence-electron chi connectivity index (χ1n) is 9.75. The van der Waals surface area contributed by atoms with Crippen LogP contribution in [0.1, 0.15) is 11.4 Å². The number of piperazine rings is 1. The van der Waals surface area contributed by atoms with Gasteiger partial charge in [-0.25, -0.2) is 0 Å². The zero-order valence-electron chi connectivity index (χ0n) is 16.9. The number of nitrogens with zero attached hydrogens (tertiary/aromatic N) is 6. The lowest BCUT2D eigenvalue weighted by Crippen LogP contribution is -2.45.